The SMILES string of the molecule is CCc1ccc(C(=O)Nc2nc(NC3CCCCC3NC(=N)N)c3cc(C)ccc3n2)cc1.O=C(O)C(F)(F)F.O=C(O)C(F)(F)F. The summed E-state index contributed by atoms with van der Waals surface area (Å²) in [7, 11) is 0. The van der Waals surface area contributed by atoms with E-state index in [4.69, 9.17) is 30.9 Å². The van der Waals surface area contributed by atoms with Gasteiger partial charge in [0.05, 0.1) is 5.52 Å². The third-order valence-electron chi connectivity index (χ3n) is 6.61. The Morgan fingerprint density at radius 2 is 1.45 bits per heavy atom. The molecular formula is C29H33F6N7O5. The quantitative estimate of drug-likeness (QED) is 0.103. The Balaban J connectivity index is 0.000000459. The van der Waals surface area contributed by atoms with E-state index in [9.17, 15) is 31.1 Å². The minimum Gasteiger partial charge on any atom is -0.475 e. The van der Waals surface area contributed by atoms with Crippen LogP contribution in [0.3, 0.4) is 0 Å². The number of carboxylic acid groups (broad SMARTS) is 2. The predicted molar refractivity (Wildman–Crippen MR) is 160 cm³/mol. The Kier molecular flexibility index (Phi) is 13.3. The van der Waals surface area contributed by atoms with Crippen molar-refractivity contribution < 1.29 is 50.9 Å². The molecule has 18 heteroatoms. The van der Waals surface area contributed by atoms with E-state index in [2.05, 4.69) is 32.8 Å². The molecule has 1 fully saturated rings. The minimum absolute atomic E-state index is 0.0286. The molecule has 1 saturated carbocycles. The van der Waals surface area contributed by atoms with Crippen LogP contribution >= 0.6 is 0 Å². The number of benzene rings is 2. The smallest absolute Gasteiger partial charge is 0.475 e. The Hall–Kier alpha value is -5.16. The fourth-order valence-corrected chi connectivity index (χ4v) is 4.33. The second kappa shape index (κ2) is 16.4. The molecule has 0 radical (unpaired) electrons. The second-order valence-electron chi connectivity index (χ2n) is 10.2. The Morgan fingerprint density at radius 3 is 1.94 bits per heavy atom. The molecule has 0 saturated heterocycles. The van der Waals surface area contributed by atoms with E-state index >= 15 is 0 Å². The number of carboxylic acids is 2. The van der Waals surface area contributed by atoms with Crippen LogP contribution in [0.1, 0.15) is 54.1 Å². The molecule has 1 heterocycles. The van der Waals surface area contributed by atoms with Crippen molar-refractivity contribution in [3.05, 3.63) is 59.2 Å². The van der Waals surface area contributed by atoms with Crippen LogP contribution in [0.5, 0.6) is 0 Å². The van der Waals surface area contributed by atoms with E-state index in [1.807, 2.05) is 49.4 Å². The first-order valence-corrected chi connectivity index (χ1v) is 14.0. The molecule has 8 N–H and O–H groups in total. The summed E-state index contributed by atoms with van der Waals surface area (Å²) in [5.41, 5.74) is 9.21. The van der Waals surface area contributed by atoms with E-state index < -0.39 is 24.3 Å². The monoisotopic (exact) mass is 673 g/mol. The van der Waals surface area contributed by atoms with Crippen LogP contribution in [0.25, 0.3) is 10.9 Å². The topological polar surface area (TPSA) is 203 Å². The van der Waals surface area contributed by atoms with Gasteiger partial charge in [0.1, 0.15) is 5.82 Å². The van der Waals surface area contributed by atoms with Gasteiger partial charge in [0.25, 0.3) is 5.91 Å². The maximum atomic E-state index is 12.8. The van der Waals surface area contributed by atoms with Gasteiger partial charge in [-0.1, -0.05) is 43.5 Å². The number of anilines is 2. The second-order valence-corrected chi connectivity index (χ2v) is 10.2. The van der Waals surface area contributed by atoms with Crippen molar-refractivity contribution in [3.8, 4) is 0 Å². The van der Waals surface area contributed by atoms with Gasteiger partial charge >= 0.3 is 24.3 Å². The lowest BCUT2D eigenvalue weighted by Gasteiger charge is -2.33. The van der Waals surface area contributed by atoms with E-state index in [0.29, 0.717) is 11.4 Å². The Morgan fingerprint density at radius 1 is 0.915 bits per heavy atom. The molecule has 3 aromatic rings. The van der Waals surface area contributed by atoms with Crippen LogP contribution in [-0.4, -0.2) is 68.4 Å². The van der Waals surface area contributed by atoms with E-state index in [-0.39, 0.29) is 29.9 Å². The number of aryl methyl sites for hydroxylation is 2. The number of carbonyl (C=O) groups is 3. The Labute approximate surface area is 264 Å². The molecule has 1 aromatic heterocycles. The number of hydrogen-bond donors (Lipinski definition) is 7. The average Bonchev–Trinajstić information content (AvgIpc) is 2.98. The molecule has 47 heavy (non-hydrogen) atoms. The number of amides is 1. The number of nitrogens with zero attached hydrogens (tertiary/aromatic N) is 2. The number of aromatic nitrogens is 2. The zero-order chi connectivity index (χ0) is 35.5. The number of carbonyl (C=O) groups excluding carboxylic acids is 1. The average molecular weight is 674 g/mol. The number of halogens is 6. The summed E-state index contributed by atoms with van der Waals surface area (Å²) in [5.74, 6) is -4.86. The van der Waals surface area contributed by atoms with E-state index in [1.54, 1.807) is 0 Å². The summed E-state index contributed by atoms with van der Waals surface area (Å²) in [6.45, 7) is 4.11. The standard InChI is InChI=1S/C25H31N7O.2C2HF3O2/c1-3-16-9-11-17(12-10-16)23(33)32-25-30-19-13-8-15(2)14-18(19)22(31-25)28-20-6-4-5-7-21(20)29-24(26)27;2*3-2(4,5)1(6)7/h8-14,20-21H,3-7H2,1-2H3,(H4,26,27,29)(H2,28,30,31,32,33);2*(H,6,7). The molecule has 4 rings (SSSR count). The fourth-order valence-electron chi connectivity index (χ4n) is 4.33. The maximum absolute atomic E-state index is 12.8. The zero-order valence-corrected chi connectivity index (χ0v) is 25.1. The summed E-state index contributed by atoms with van der Waals surface area (Å²) in [5, 5.41) is 32.3. The molecule has 256 valence electrons. The molecule has 0 spiro atoms. The summed E-state index contributed by atoms with van der Waals surface area (Å²) in [4.78, 5) is 39.9. The van der Waals surface area contributed by atoms with Crippen molar-refractivity contribution in [2.24, 2.45) is 5.73 Å². The molecule has 2 unspecified atom stereocenters. The molecule has 0 aliphatic heterocycles. The van der Waals surface area contributed by atoms with Crippen LogP contribution < -0.4 is 21.7 Å². The first-order valence-electron chi connectivity index (χ1n) is 14.0. The van der Waals surface area contributed by atoms with Crippen LogP contribution in [0.2, 0.25) is 0 Å². The number of fused-ring (bicyclic) bond motifs is 1. The van der Waals surface area contributed by atoms with Gasteiger partial charge in [0, 0.05) is 23.0 Å². The highest BCUT2D eigenvalue weighted by Gasteiger charge is 2.39. The largest absolute Gasteiger partial charge is 0.490 e. The van der Waals surface area contributed by atoms with Crippen LogP contribution in [0, 0.1) is 12.3 Å². The number of aliphatic carboxylic acids is 2. The lowest BCUT2D eigenvalue weighted by Crippen LogP contribution is -2.50. The first-order chi connectivity index (χ1) is 21.8. The molecular weight excluding hydrogens is 640 g/mol. The molecule has 2 aromatic carbocycles. The molecule has 1 amide bonds. The van der Waals surface area contributed by atoms with Crippen molar-refractivity contribution in [1.82, 2.24) is 15.3 Å². The number of nitrogens with one attached hydrogen (secondary N) is 4. The lowest BCUT2D eigenvalue weighted by atomic mass is 9.90. The van der Waals surface area contributed by atoms with Crippen LogP contribution in [0.4, 0.5) is 38.1 Å². The summed E-state index contributed by atoms with van der Waals surface area (Å²) >= 11 is 0. The fraction of sp³-hybridized carbons (Fsp3) is 0.379. The highest BCUT2D eigenvalue weighted by molar-refractivity contribution is 6.04. The molecule has 12 nitrogen and oxygen atoms in total. The van der Waals surface area contributed by atoms with Gasteiger partial charge in [0.2, 0.25) is 5.95 Å². The highest BCUT2D eigenvalue weighted by atomic mass is 19.4. The molecule has 1 aliphatic rings. The normalized spacial score (nSPS) is 16.0. The Bertz CT molecular complexity index is 1540. The number of alkyl halides is 6. The summed E-state index contributed by atoms with van der Waals surface area (Å²) in [6, 6.07) is 13.6. The molecule has 2 atom stereocenters. The van der Waals surface area contributed by atoms with E-state index in [1.165, 1.54) is 5.56 Å². The third kappa shape index (κ3) is 12.3. The third-order valence-corrected chi connectivity index (χ3v) is 6.61. The van der Waals surface area contributed by atoms with Gasteiger partial charge in [-0.3, -0.25) is 15.5 Å². The first kappa shape index (κ1) is 38.0. The van der Waals surface area contributed by atoms with Gasteiger partial charge in [-0.15, -0.1) is 0 Å². The van der Waals surface area contributed by atoms with Crippen molar-refractivity contribution in [3.63, 3.8) is 0 Å². The van der Waals surface area contributed by atoms with Gasteiger partial charge in [-0.2, -0.15) is 31.3 Å². The summed E-state index contributed by atoms with van der Waals surface area (Å²) < 4.78 is 63.5. The zero-order valence-electron chi connectivity index (χ0n) is 25.1. The lowest BCUT2D eigenvalue weighted by molar-refractivity contribution is -0.193. The van der Waals surface area contributed by atoms with Crippen LogP contribution in [-0.2, 0) is 16.0 Å². The van der Waals surface area contributed by atoms with Gasteiger partial charge in [-0.05, 0) is 56.0 Å². The van der Waals surface area contributed by atoms with Crippen molar-refractivity contribution in [2.45, 2.75) is 70.4 Å². The van der Waals surface area contributed by atoms with E-state index in [0.717, 1.165) is 48.6 Å². The van der Waals surface area contributed by atoms with Crippen molar-refractivity contribution in [1.29, 1.82) is 5.41 Å². The van der Waals surface area contributed by atoms with Crippen LogP contribution in [0.15, 0.2) is 42.5 Å². The van der Waals surface area contributed by atoms with Gasteiger partial charge in [0.15, 0.2) is 5.96 Å². The minimum atomic E-state index is -5.08. The summed E-state index contributed by atoms with van der Waals surface area (Å²) in [6.07, 6.45) is -5.20. The number of nitrogens with two attached hydrogens (primary N) is 1. The number of guanidine groups is 1. The number of rotatable bonds is 6. The number of hydrogen-bond acceptors (Lipinski definition) is 7. The molecule has 0 bridgehead atoms. The van der Waals surface area contributed by atoms with Crippen molar-refractivity contribution >= 4 is 46.5 Å². The van der Waals surface area contributed by atoms with Gasteiger partial charge in [-0.25, -0.2) is 14.6 Å². The van der Waals surface area contributed by atoms with Crippen molar-refractivity contribution in [2.75, 3.05) is 10.6 Å². The van der Waals surface area contributed by atoms with Gasteiger partial charge < -0.3 is 26.6 Å². The predicted octanol–water partition coefficient (Wildman–Crippen LogP) is 5.23. The maximum Gasteiger partial charge on any atom is 0.490 e. The molecule has 1 aliphatic carbocycles. The highest BCUT2D eigenvalue weighted by Crippen LogP contribution is 2.28.